The second kappa shape index (κ2) is 43.5. The Balaban J connectivity index is 4.60. The molecule has 1 atom stereocenters. The lowest BCUT2D eigenvalue weighted by Crippen LogP contribution is -2.30. The highest BCUT2D eigenvalue weighted by molar-refractivity contribution is 5.71. The summed E-state index contributed by atoms with van der Waals surface area (Å²) >= 11 is 0. The molecular formula is C50H76O6. The average molecular weight is 773 g/mol. The Bertz CT molecular complexity index is 1260. The lowest BCUT2D eigenvalue weighted by molar-refractivity contribution is -0.167. The van der Waals surface area contributed by atoms with Crippen LogP contribution < -0.4 is 0 Å². The van der Waals surface area contributed by atoms with E-state index in [0.717, 1.165) is 77.0 Å². The van der Waals surface area contributed by atoms with Gasteiger partial charge in [0.2, 0.25) is 0 Å². The van der Waals surface area contributed by atoms with Crippen molar-refractivity contribution in [3.8, 4) is 0 Å². The van der Waals surface area contributed by atoms with E-state index in [9.17, 15) is 14.4 Å². The van der Waals surface area contributed by atoms with Gasteiger partial charge in [-0.2, -0.15) is 0 Å². The van der Waals surface area contributed by atoms with E-state index in [1.54, 1.807) is 0 Å². The second-order valence-electron chi connectivity index (χ2n) is 13.6. The Morgan fingerprint density at radius 3 is 1.29 bits per heavy atom. The molecule has 0 radical (unpaired) electrons. The Morgan fingerprint density at radius 2 is 0.750 bits per heavy atom. The summed E-state index contributed by atoms with van der Waals surface area (Å²) in [6.07, 6.45) is 59.1. The lowest BCUT2D eigenvalue weighted by atomic mass is 10.1. The van der Waals surface area contributed by atoms with Gasteiger partial charge in [-0.25, -0.2) is 0 Å². The number of carbonyl (C=O) groups excluding carboxylic acids is 3. The highest BCUT2D eigenvalue weighted by Crippen LogP contribution is 2.12. The normalized spacial score (nSPS) is 13.3. The first kappa shape index (κ1) is 51.8. The van der Waals surface area contributed by atoms with Crippen molar-refractivity contribution in [3.05, 3.63) is 122 Å². The van der Waals surface area contributed by atoms with Crippen LogP contribution in [-0.2, 0) is 28.6 Å². The molecule has 0 N–H and O–H groups in total. The summed E-state index contributed by atoms with van der Waals surface area (Å²) in [5.74, 6) is -1.09. The molecule has 0 fully saturated rings. The monoisotopic (exact) mass is 773 g/mol. The van der Waals surface area contributed by atoms with E-state index < -0.39 is 12.1 Å². The van der Waals surface area contributed by atoms with Gasteiger partial charge < -0.3 is 14.2 Å². The Morgan fingerprint density at radius 1 is 0.375 bits per heavy atom. The van der Waals surface area contributed by atoms with Gasteiger partial charge >= 0.3 is 17.9 Å². The molecule has 0 amide bonds. The molecular weight excluding hydrogens is 697 g/mol. The van der Waals surface area contributed by atoms with Crippen molar-refractivity contribution in [1.29, 1.82) is 0 Å². The first-order chi connectivity index (χ1) is 27.5. The van der Waals surface area contributed by atoms with E-state index in [4.69, 9.17) is 14.2 Å². The zero-order valence-electron chi connectivity index (χ0n) is 35.3. The molecule has 56 heavy (non-hydrogen) atoms. The fourth-order valence-corrected chi connectivity index (χ4v) is 5.18. The standard InChI is InChI=1S/C50H76O6/c1-4-7-10-13-16-19-22-24-26-28-31-34-37-40-43-49(52)55-46-47(45-54-48(51)42-39-36-33-30-27-21-18-15-12-9-6-3)56-50(53)44-41-38-35-32-29-25-23-20-17-14-11-8-5-2/h7-12,14,16-21,23,25,29-30,32-33,35,47H,4-6,13,15,22,24,26-28,31,34,36-46H2,1-3H3/b10-7-,11-8-,12-9-,17-14-,19-16-,21-18-,23-20-,29-25-,33-30-,35-32-. The van der Waals surface area contributed by atoms with Crippen LogP contribution in [0.4, 0.5) is 0 Å². The summed E-state index contributed by atoms with van der Waals surface area (Å²) in [6, 6.07) is 0. The molecule has 0 rings (SSSR count). The minimum atomic E-state index is -0.839. The summed E-state index contributed by atoms with van der Waals surface area (Å²) in [7, 11) is 0. The summed E-state index contributed by atoms with van der Waals surface area (Å²) in [5.41, 5.74) is 0. The highest BCUT2D eigenvalue weighted by Gasteiger charge is 2.19. The number of hydrogen-bond acceptors (Lipinski definition) is 6. The van der Waals surface area contributed by atoms with Crippen LogP contribution in [0.3, 0.4) is 0 Å². The number of esters is 3. The fourth-order valence-electron chi connectivity index (χ4n) is 5.18. The van der Waals surface area contributed by atoms with Crippen LogP contribution in [0.15, 0.2) is 122 Å². The molecule has 0 aromatic heterocycles. The first-order valence-electron chi connectivity index (χ1n) is 21.6. The molecule has 0 saturated carbocycles. The number of carbonyl (C=O) groups is 3. The molecule has 0 heterocycles. The van der Waals surface area contributed by atoms with Crippen molar-refractivity contribution in [2.75, 3.05) is 13.2 Å². The van der Waals surface area contributed by atoms with E-state index in [2.05, 4.69) is 87.6 Å². The van der Waals surface area contributed by atoms with Gasteiger partial charge in [-0.15, -0.1) is 0 Å². The molecule has 6 nitrogen and oxygen atoms in total. The number of rotatable bonds is 36. The van der Waals surface area contributed by atoms with Gasteiger partial charge in [-0.3, -0.25) is 14.4 Å². The molecule has 0 aromatic carbocycles. The number of hydrogen-bond donors (Lipinski definition) is 0. The third kappa shape index (κ3) is 41.0. The maximum absolute atomic E-state index is 12.7. The fraction of sp³-hybridized carbons (Fsp3) is 0.540. The maximum atomic E-state index is 12.7. The van der Waals surface area contributed by atoms with Crippen LogP contribution in [0.1, 0.15) is 156 Å². The summed E-state index contributed by atoms with van der Waals surface area (Å²) < 4.78 is 16.5. The van der Waals surface area contributed by atoms with Crippen molar-refractivity contribution >= 4 is 17.9 Å². The zero-order valence-corrected chi connectivity index (χ0v) is 35.3. The molecule has 0 aliphatic rings. The summed E-state index contributed by atoms with van der Waals surface area (Å²) in [4.78, 5) is 37.6. The number of allylic oxidation sites excluding steroid dienone is 20. The maximum Gasteiger partial charge on any atom is 0.306 e. The predicted molar refractivity (Wildman–Crippen MR) is 237 cm³/mol. The minimum absolute atomic E-state index is 0.131. The largest absolute Gasteiger partial charge is 0.462 e. The number of ether oxygens (including phenoxy) is 3. The van der Waals surface area contributed by atoms with Crippen LogP contribution in [0.2, 0.25) is 0 Å². The van der Waals surface area contributed by atoms with Crippen LogP contribution in [0.5, 0.6) is 0 Å². The van der Waals surface area contributed by atoms with Crippen molar-refractivity contribution in [2.45, 2.75) is 162 Å². The SMILES string of the molecule is CC\C=C/C=C\C=C/C=C\C=C/CCCC(=O)OC(COC(=O)CCC/C=C\C/C=C\C/C=C\CC)COC(=O)CCCCCCCCC/C=C\C/C=C\CC. The second-order valence-corrected chi connectivity index (χ2v) is 13.6. The number of unbranched alkanes of at least 4 members (excludes halogenated alkanes) is 9. The van der Waals surface area contributed by atoms with Crippen LogP contribution in [-0.4, -0.2) is 37.2 Å². The van der Waals surface area contributed by atoms with Crippen LogP contribution >= 0.6 is 0 Å². The van der Waals surface area contributed by atoms with Gasteiger partial charge in [0.05, 0.1) is 0 Å². The topological polar surface area (TPSA) is 78.9 Å². The van der Waals surface area contributed by atoms with Crippen molar-refractivity contribution in [2.24, 2.45) is 0 Å². The summed E-state index contributed by atoms with van der Waals surface area (Å²) in [5, 5.41) is 0. The quantitative estimate of drug-likeness (QED) is 0.0207. The van der Waals surface area contributed by atoms with Gasteiger partial charge in [-0.1, -0.05) is 174 Å². The minimum Gasteiger partial charge on any atom is -0.462 e. The van der Waals surface area contributed by atoms with Crippen molar-refractivity contribution in [3.63, 3.8) is 0 Å². The van der Waals surface area contributed by atoms with Gasteiger partial charge in [0.1, 0.15) is 13.2 Å². The van der Waals surface area contributed by atoms with Gasteiger partial charge in [0.15, 0.2) is 6.10 Å². The van der Waals surface area contributed by atoms with Crippen LogP contribution in [0.25, 0.3) is 0 Å². The third-order valence-electron chi connectivity index (χ3n) is 8.32. The molecule has 1 unspecified atom stereocenters. The zero-order chi connectivity index (χ0) is 40.8. The third-order valence-corrected chi connectivity index (χ3v) is 8.32. The smallest absolute Gasteiger partial charge is 0.306 e. The molecule has 0 bridgehead atoms. The molecule has 0 aromatic rings. The van der Waals surface area contributed by atoms with Gasteiger partial charge in [0, 0.05) is 19.3 Å². The molecule has 0 aliphatic carbocycles. The van der Waals surface area contributed by atoms with E-state index in [1.165, 1.54) is 25.7 Å². The predicted octanol–water partition coefficient (Wildman–Crippen LogP) is 13.8. The van der Waals surface area contributed by atoms with E-state index >= 15 is 0 Å². The molecule has 6 heteroatoms. The lowest BCUT2D eigenvalue weighted by Gasteiger charge is -2.18. The van der Waals surface area contributed by atoms with Gasteiger partial charge in [-0.05, 0) is 83.5 Å². The molecule has 312 valence electrons. The summed E-state index contributed by atoms with van der Waals surface area (Å²) in [6.45, 7) is 6.10. The van der Waals surface area contributed by atoms with E-state index in [0.29, 0.717) is 19.3 Å². The van der Waals surface area contributed by atoms with E-state index in [-0.39, 0.29) is 38.0 Å². The van der Waals surface area contributed by atoms with Gasteiger partial charge in [0.25, 0.3) is 0 Å². The molecule has 0 aliphatic heterocycles. The Kier molecular flexibility index (Phi) is 40.3. The van der Waals surface area contributed by atoms with Crippen molar-refractivity contribution < 1.29 is 28.6 Å². The average Bonchev–Trinajstić information content (AvgIpc) is 3.19. The first-order valence-corrected chi connectivity index (χ1v) is 21.6. The Hall–Kier alpha value is -4.19. The van der Waals surface area contributed by atoms with Crippen molar-refractivity contribution in [1.82, 2.24) is 0 Å². The van der Waals surface area contributed by atoms with Crippen LogP contribution in [0, 0.1) is 0 Å². The van der Waals surface area contributed by atoms with E-state index in [1.807, 2.05) is 54.7 Å². The molecule has 0 saturated heterocycles. The Labute approximate surface area is 342 Å². The molecule has 0 spiro atoms. The highest BCUT2D eigenvalue weighted by atomic mass is 16.6.